The van der Waals surface area contributed by atoms with Crippen LogP contribution in [-0.4, -0.2) is 16.7 Å². The van der Waals surface area contributed by atoms with Crippen LogP contribution in [0.15, 0.2) is 162 Å². The Morgan fingerprint density at radius 1 is 0.618 bits per heavy atom. The summed E-state index contributed by atoms with van der Waals surface area (Å²) in [4.78, 5) is 14.4. The molecule has 10 rings (SSSR count). The van der Waals surface area contributed by atoms with Crippen molar-refractivity contribution in [1.82, 2.24) is 9.97 Å². The highest BCUT2D eigenvalue weighted by Gasteiger charge is 2.44. The van der Waals surface area contributed by atoms with Crippen molar-refractivity contribution >= 4 is 57.0 Å². The zero-order chi connectivity index (χ0) is 37.1. The zero-order valence-electron chi connectivity index (χ0n) is 31.1. The predicted molar refractivity (Wildman–Crippen MR) is 225 cm³/mol. The number of nitrogens with zero attached hydrogens (tertiary/aromatic N) is 4. The number of aromatic nitrogens is 2. The maximum absolute atomic E-state index is 6.44. The number of oxazole rings is 1. The number of hydrogen-bond donors (Lipinski definition) is 0. The van der Waals surface area contributed by atoms with Crippen molar-refractivity contribution in [2.45, 2.75) is 39.3 Å². The Hall–Kier alpha value is -6.60. The Morgan fingerprint density at radius 2 is 1.24 bits per heavy atom. The molecule has 4 heterocycles. The maximum Gasteiger partial charge on any atom is 0.252 e. The molecule has 266 valence electrons. The largest absolute Gasteiger partial charge is 0.439 e. The maximum atomic E-state index is 6.44. The van der Waals surface area contributed by atoms with E-state index in [1.165, 1.54) is 44.5 Å². The van der Waals surface area contributed by atoms with Gasteiger partial charge in [0.05, 0.1) is 0 Å². The molecule has 2 aliphatic rings. The van der Waals surface area contributed by atoms with Gasteiger partial charge < -0.3 is 19.0 Å². The standard InChI is InChI=1S/C48H39BN4O2/c1-48(2,3)35-27-42-46-43(28-35)53(31-33-16-8-5-9-17-33)41-24-22-36(54-45-20-12-13-25-50-45)29-38(41)49(46)37-26-34(47-51-39-18-10-11-19-44(39)55-47)21-23-40(37)52(42)30-32-14-6-4-7-15-32/h4-29H,30-31H2,1-3H3. The van der Waals surface area contributed by atoms with Crippen molar-refractivity contribution in [1.29, 1.82) is 0 Å². The summed E-state index contributed by atoms with van der Waals surface area (Å²) < 4.78 is 12.8. The van der Waals surface area contributed by atoms with Crippen molar-refractivity contribution < 1.29 is 9.15 Å². The molecule has 0 unspecified atom stereocenters. The number of anilines is 4. The fraction of sp³-hybridized carbons (Fsp3) is 0.125. The normalized spacial score (nSPS) is 13.0. The fourth-order valence-corrected chi connectivity index (χ4v) is 8.17. The van der Waals surface area contributed by atoms with Crippen LogP contribution < -0.4 is 30.9 Å². The molecule has 0 saturated heterocycles. The number of ether oxygens (including phenoxy) is 1. The molecule has 7 heteroatoms. The average Bonchev–Trinajstić information content (AvgIpc) is 3.65. The number of benzene rings is 6. The summed E-state index contributed by atoms with van der Waals surface area (Å²) in [5.74, 6) is 1.92. The molecule has 0 aliphatic carbocycles. The van der Waals surface area contributed by atoms with E-state index in [2.05, 4.69) is 145 Å². The van der Waals surface area contributed by atoms with Crippen LogP contribution in [0, 0.1) is 0 Å². The lowest BCUT2D eigenvalue weighted by atomic mass is 9.33. The molecular weight excluding hydrogens is 675 g/mol. The molecule has 0 bridgehead atoms. The van der Waals surface area contributed by atoms with Gasteiger partial charge in [-0.2, -0.15) is 0 Å². The van der Waals surface area contributed by atoms with Crippen molar-refractivity contribution in [3.05, 3.63) is 175 Å². The molecule has 0 amide bonds. The summed E-state index contributed by atoms with van der Waals surface area (Å²) in [6, 6.07) is 53.4. The minimum atomic E-state index is -0.0975. The second-order valence-corrected chi connectivity index (χ2v) is 15.5. The van der Waals surface area contributed by atoms with E-state index in [1.54, 1.807) is 6.20 Å². The molecule has 0 fully saturated rings. The predicted octanol–water partition coefficient (Wildman–Crippen LogP) is 9.80. The molecule has 6 aromatic carbocycles. The van der Waals surface area contributed by atoms with E-state index in [0.29, 0.717) is 11.8 Å². The third-order valence-electron chi connectivity index (χ3n) is 10.9. The van der Waals surface area contributed by atoms with Crippen LogP contribution in [0.4, 0.5) is 22.7 Å². The fourth-order valence-electron chi connectivity index (χ4n) is 8.17. The highest BCUT2D eigenvalue weighted by Crippen LogP contribution is 2.43. The van der Waals surface area contributed by atoms with Crippen molar-refractivity contribution in [2.24, 2.45) is 0 Å². The first-order valence-electron chi connectivity index (χ1n) is 18.9. The second-order valence-electron chi connectivity index (χ2n) is 15.5. The minimum absolute atomic E-state index is 0.0877. The van der Waals surface area contributed by atoms with Crippen LogP contribution in [0.1, 0.15) is 37.5 Å². The van der Waals surface area contributed by atoms with Crippen molar-refractivity contribution in [2.75, 3.05) is 9.80 Å². The van der Waals surface area contributed by atoms with E-state index in [0.717, 1.165) is 46.9 Å². The van der Waals surface area contributed by atoms with Gasteiger partial charge in [0.1, 0.15) is 11.3 Å². The van der Waals surface area contributed by atoms with Gasteiger partial charge in [0.25, 0.3) is 6.71 Å². The molecule has 0 radical (unpaired) electrons. The van der Waals surface area contributed by atoms with Crippen LogP contribution >= 0.6 is 0 Å². The second kappa shape index (κ2) is 13.1. The highest BCUT2D eigenvalue weighted by molar-refractivity contribution is 7.00. The van der Waals surface area contributed by atoms with Gasteiger partial charge in [0.2, 0.25) is 11.8 Å². The third kappa shape index (κ3) is 5.93. The number of para-hydroxylation sites is 2. The summed E-state index contributed by atoms with van der Waals surface area (Å²) in [6.07, 6.45) is 1.76. The van der Waals surface area contributed by atoms with Gasteiger partial charge in [-0.05, 0) is 99.2 Å². The Bertz CT molecular complexity index is 2640. The summed E-state index contributed by atoms with van der Waals surface area (Å²) in [5.41, 5.74) is 14.7. The van der Waals surface area contributed by atoms with Gasteiger partial charge in [-0.25, -0.2) is 9.97 Å². The summed E-state index contributed by atoms with van der Waals surface area (Å²) in [7, 11) is 0. The van der Waals surface area contributed by atoms with Crippen LogP contribution in [-0.2, 0) is 18.5 Å². The first kappa shape index (κ1) is 33.0. The SMILES string of the molecule is CC(C)(C)c1cc2c3c(c1)N(Cc1ccccc1)c1ccc(-c4nc5ccccc5o4)cc1B3c1cc(Oc3ccccn3)ccc1N2Cc1ccccc1. The molecule has 55 heavy (non-hydrogen) atoms. The molecule has 2 aliphatic heterocycles. The minimum Gasteiger partial charge on any atom is -0.439 e. The Kier molecular flexibility index (Phi) is 7.84. The van der Waals surface area contributed by atoms with Crippen LogP contribution in [0.3, 0.4) is 0 Å². The topological polar surface area (TPSA) is 54.6 Å². The first-order chi connectivity index (χ1) is 26.9. The van der Waals surface area contributed by atoms with Crippen LogP contribution in [0.2, 0.25) is 0 Å². The van der Waals surface area contributed by atoms with Gasteiger partial charge in [-0.1, -0.05) is 106 Å². The Balaban J connectivity index is 1.24. The quantitative estimate of drug-likeness (QED) is 0.153. The van der Waals surface area contributed by atoms with Crippen molar-refractivity contribution in [3.63, 3.8) is 0 Å². The summed E-state index contributed by atoms with van der Waals surface area (Å²) in [6.45, 7) is 8.27. The summed E-state index contributed by atoms with van der Waals surface area (Å²) >= 11 is 0. The van der Waals surface area contributed by atoms with E-state index in [-0.39, 0.29) is 12.1 Å². The molecule has 6 nitrogen and oxygen atoms in total. The van der Waals surface area contributed by atoms with Gasteiger partial charge in [0, 0.05) is 53.7 Å². The lowest BCUT2D eigenvalue weighted by Crippen LogP contribution is -2.62. The van der Waals surface area contributed by atoms with E-state index in [1.807, 2.05) is 42.5 Å². The third-order valence-corrected chi connectivity index (χ3v) is 10.9. The smallest absolute Gasteiger partial charge is 0.252 e. The number of hydrogen-bond acceptors (Lipinski definition) is 6. The molecule has 8 aromatic rings. The first-order valence-corrected chi connectivity index (χ1v) is 18.9. The van der Waals surface area contributed by atoms with Crippen LogP contribution in [0.5, 0.6) is 11.6 Å². The molecule has 2 aromatic heterocycles. The number of rotatable bonds is 7. The van der Waals surface area contributed by atoms with Crippen molar-refractivity contribution in [3.8, 4) is 23.1 Å². The lowest BCUT2D eigenvalue weighted by molar-refractivity contribution is 0.463. The monoisotopic (exact) mass is 714 g/mol. The number of fused-ring (bicyclic) bond motifs is 5. The molecule has 0 N–H and O–H groups in total. The number of pyridine rings is 1. The lowest BCUT2D eigenvalue weighted by Gasteiger charge is -2.45. The van der Waals surface area contributed by atoms with E-state index in [9.17, 15) is 0 Å². The molecule has 0 spiro atoms. The van der Waals surface area contributed by atoms with Gasteiger partial charge >= 0.3 is 0 Å². The Morgan fingerprint density at radius 3 is 1.87 bits per heavy atom. The zero-order valence-corrected chi connectivity index (χ0v) is 31.1. The van der Waals surface area contributed by atoms with Gasteiger partial charge in [0.15, 0.2) is 5.58 Å². The Labute approximate surface area is 321 Å². The van der Waals surface area contributed by atoms with E-state index >= 15 is 0 Å². The van der Waals surface area contributed by atoms with E-state index < -0.39 is 0 Å². The van der Waals surface area contributed by atoms with Crippen LogP contribution in [0.25, 0.3) is 22.6 Å². The van der Waals surface area contributed by atoms with Gasteiger partial charge in [-0.3, -0.25) is 0 Å². The highest BCUT2D eigenvalue weighted by atomic mass is 16.5. The van der Waals surface area contributed by atoms with Gasteiger partial charge in [-0.15, -0.1) is 0 Å². The summed E-state index contributed by atoms with van der Waals surface area (Å²) in [5, 5.41) is 0. The molecule has 0 saturated carbocycles. The van der Waals surface area contributed by atoms with E-state index in [4.69, 9.17) is 14.1 Å². The molecular formula is C48H39BN4O2. The molecule has 0 atom stereocenters. The average molecular weight is 715 g/mol.